The van der Waals surface area contributed by atoms with Crippen LogP contribution in [0.1, 0.15) is 49.4 Å². The van der Waals surface area contributed by atoms with Crippen molar-refractivity contribution in [3.05, 3.63) is 17.3 Å². The van der Waals surface area contributed by atoms with Gasteiger partial charge in [-0.15, -0.1) is 0 Å². The summed E-state index contributed by atoms with van der Waals surface area (Å²) in [6, 6.07) is 0.717. The summed E-state index contributed by atoms with van der Waals surface area (Å²) in [6.07, 6.45) is 6.00. The maximum atomic E-state index is 12.6. The normalized spacial score (nSPS) is 24.9. The Morgan fingerprint density at radius 3 is 2.54 bits per heavy atom. The fraction of sp³-hybridized carbons (Fsp3) is 0.810. The second-order valence-electron chi connectivity index (χ2n) is 8.79. The lowest BCUT2D eigenvalue weighted by molar-refractivity contribution is 0.158. The van der Waals surface area contributed by atoms with Gasteiger partial charge in [-0.1, -0.05) is 0 Å². The zero-order valence-corrected chi connectivity index (χ0v) is 17.5. The Kier molecular flexibility index (Phi) is 6.21. The smallest absolute Gasteiger partial charge is 0.317 e. The Balaban J connectivity index is 1.15. The molecule has 7 nitrogen and oxygen atoms in total. The lowest BCUT2D eigenvalue weighted by Crippen LogP contribution is -2.44. The molecule has 0 aliphatic carbocycles. The van der Waals surface area contributed by atoms with Gasteiger partial charge in [0.15, 0.2) is 0 Å². The third-order valence-electron chi connectivity index (χ3n) is 6.79. The van der Waals surface area contributed by atoms with Crippen LogP contribution in [-0.4, -0.2) is 77.6 Å². The summed E-state index contributed by atoms with van der Waals surface area (Å²) in [4.78, 5) is 24.0. The lowest BCUT2D eigenvalue weighted by Gasteiger charge is -2.31. The summed E-state index contributed by atoms with van der Waals surface area (Å²) in [6.45, 7) is 11.9. The number of nitrogens with one attached hydrogen (secondary N) is 1. The molecule has 156 valence electrons. The molecule has 0 aromatic carbocycles. The fourth-order valence-electron chi connectivity index (χ4n) is 4.82. The molecule has 3 saturated heterocycles. The van der Waals surface area contributed by atoms with Crippen LogP contribution in [0, 0.1) is 19.8 Å². The van der Waals surface area contributed by atoms with E-state index in [2.05, 4.69) is 20.1 Å². The van der Waals surface area contributed by atoms with Crippen molar-refractivity contribution in [1.29, 1.82) is 0 Å². The van der Waals surface area contributed by atoms with Gasteiger partial charge in [0.25, 0.3) is 0 Å². The minimum atomic E-state index is 0.134. The number of hydrogen-bond donors (Lipinski definition) is 1. The van der Waals surface area contributed by atoms with E-state index in [1.165, 1.54) is 25.9 Å². The summed E-state index contributed by atoms with van der Waals surface area (Å²) < 4.78 is 5.71. The average molecular weight is 390 g/mol. The number of aryl methyl sites for hydroxylation is 2. The molecule has 7 heteroatoms. The SMILES string of the molecule is Cc1nc(CN2CCC(CNC(=O)N3CCC(N4CCCC4)C3)CC2)oc1C. The molecular weight excluding hydrogens is 354 g/mol. The van der Waals surface area contributed by atoms with Gasteiger partial charge in [-0.2, -0.15) is 0 Å². The second kappa shape index (κ2) is 8.82. The zero-order valence-electron chi connectivity index (χ0n) is 17.5. The van der Waals surface area contributed by atoms with Gasteiger partial charge in [-0.05, 0) is 78.0 Å². The molecule has 28 heavy (non-hydrogen) atoms. The molecule has 1 atom stereocenters. The van der Waals surface area contributed by atoms with Crippen molar-refractivity contribution in [3.8, 4) is 0 Å². The molecule has 0 spiro atoms. The highest BCUT2D eigenvalue weighted by Gasteiger charge is 2.31. The van der Waals surface area contributed by atoms with Crippen LogP contribution in [-0.2, 0) is 6.54 Å². The monoisotopic (exact) mass is 389 g/mol. The number of hydrogen-bond acceptors (Lipinski definition) is 5. The maximum Gasteiger partial charge on any atom is 0.317 e. The van der Waals surface area contributed by atoms with E-state index in [-0.39, 0.29) is 6.03 Å². The first-order chi connectivity index (χ1) is 13.6. The maximum absolute atomic E-state index is 12.6. The average Bonchev–Trinajstić information content (AvgIpc) is 3.43. The Morgan fingerprint density at radius 1 is 1.11 bits per heavy atom. The van der Waals surface area contributed by atoms with Crippen molar-refractivity contribution >= 4 is 6.03 Å². The van der Waals surface area contributed by atoms with E-state index in [1.807, 2.05) is 18.7 Å². The van der Waals surface area contributed by atoms with Crippen LogP contribution < -0.4 is 5.32 Å². The molecule has 4 rings (SSSR count). The van der Waals surface area contributed by atoms with Gasteiger partial charge in [0.1, 0.15) is 5.76 Å². The Hall–Kier alpha value is -1.60. The van der Waals surface area contributed by atoms with Crippen LogP contribution in [0.15, 0.2) is 4.42 Å². The first kappa shape index (κ1) is 19.7. The van der Waals surface area contributed by atoms with Crippen LogP contribution in [0.5, 0.6) is 0 Å². The first-order valence-corrected chi connectivity index (χ1v) is 11.0. The second-order valence-corrected chi connectivity index (χ2v) is 8.79. The molecule has 3 fully saturated rings. The van der Waals surface area contributed by atoms with Gasteiger partial charge in [0, 0.05) is 25.7 Å². The highest BCUT2D eigenvalue weighted by Crippen LogP contribution is 2.22. The van der Waals surface area contributed by atoms with Crippen molar-refractivity contribution < 1.29 is 9.21 Å². The number of rotatable bonds is 5. The number of oxazole rings is 1. The van der Waals surface area contributed by atoms with E-state index < -0.39 is 0 Å². The van der Waals surface area contributed by atoms with Gasteiger partial charge in [0.05, 0.1) is 12.2 Å². The Bertz CT molecular complexity index is 642. The number of piperidine rings is 1. The van der Waals surface area contributed by atoms with Gasteiger partial charge in [-0.3, -0.25) is 9.80 Å². The van der Waals surface area contributed by atoms with Crippen molar-refractivity contribution in [2.24, 2.45) is 5.92 Å². The van der Waals surface area contributed by atoms with Crippen molar-refractivity contribution in [3.63, 3.8) is 0 Å². The number of urea groups is 1. The third-order valence-corrected chi connectivity index (χ3v) is 6.79. The molecule has 4 heterocycles. The largest absolute Gasteiger partial charge is 0.444 e. The van der Waals surface area contributed by atoms with E-state index in [0.717, 1.165) is 75.9 Å². The highest BCUT2D eigenvalue weighted by molar-refractivity contribution is 5.74. The number of likely N-dealkylation sites (tertiary alicyclic amines) is 3. The molecule has 1 aromatic heterocycles. The van der Waals surface area contributed by atoms with Crippen LogP contribution in [0.3, 0.4) is 0 Å². The number of amides is 2. The van der Waals surface area contributed by atoms with Crippen LogP contribution >= 0.6 is 0 Å². The lowest BCUT2D eigenvalue weighted by atomic mass is 9.97. The minimum absolute atomic E-state index is 0.134. The van der Waals surface area contributed by atoms with Crippen molar-refractivity contribution in [2.45, 2.75) is 58.5 Å². The molecule has 3 aliphatic heterocycles. The van der Waals surface area contributed by atoms with Gasteiger partial charge in [-0.25, -0.2) is 9.78 Å². The molecule has 0 radical (unpaired) electrons. The summed E-state index contributed by atoms with van der Waals surface area (Å²) >= 11 is 0. The quantitative estimate of drug-likeness (QED) is 0.838. The number of nitrogens with zero attached hydrogens (tertiary/aromatic N) is 4. The van der Waals surface area contributed by atoms with E-state index in [1.54, 1.807) is 0 Å². The van der Waals surface area contributed by atoms with Gasteiger partial charge < -0.3 is 14.6 Å². The van der Waals surface area contributed by atoms with E-state index in [0.29, 0.717) is 12.0 Å². The number of aromatic nitrogens is 1. The van der Waals surface area contributed by atoms with E-state index >= 15 is 0 Å². The summed E-state index contributed by atoms with van der Waals surface area (Å²) in [5, 5.41) is 3.20. The fourth-order valence-corrected chi connectivity index (χ4v) is 4.82. The topological polar surface area (TPSA) is 64.9 Å². The molecule has 1 aromatic rings. The standard InChI is InChI=1S/C21H35N5O2/c1-16-17(2)28-20(23-16)15-24-10-5-18(6-11-24)13-22-21(27)26-12-7-19(14-26)25-8-3-4-9-25/h18-19H,3-15H2,1-2H3,(H,22,27). The predicted molar refractivity (Wildman–Crippen MR) is 108 cm³/mol. The van der Waals surface area contributed by atoms with Crippen molar-refractivity contribution in [2.75, 3.05) is 45.8 Å². The number of carbonyl (C=O) groups excluding carboxylic acids is 1. The molecule has 1 unspecified atom stereocenters. The molecular formula is C21H35N5O2. The Labute approximate surface area is 168 Å². The molecule has 3 aliphatic rings. The van der Waals surface area contributed by atoms with Crippen LogP contribution in [0.2, 0.25) is 0 Å². The zero-order chi connectivity index (χ0) is 19.5. The summed E-state index contributed by atoms with van der Waals surface area (Å²) in [7, 11) is 0. The molecule has 0 bridgehead atoms. The predicted octanol–water partition coefficient (Wildman–Crippen LogP) is 2.38. The summed E-state index contributed by atoms with van der Waals surface area (Å²) in [5.41, 5.74) is 0.987. The highest BCUT2D eigenvalue weighted by atomic mass is 16.4. The Morgan fingerprint density at radius 2 is 1.86 bits per heavy atom. The third kappa shape index (κ3) is 4.69. The molecule has 2 amide bonds. The van der Waals surface area contributed by atoms with Crippen molar-refractivity contribution in [1.82, 2.24) is 25.0 Å². The van der Waals surface area contributed by atoms with Gasteiger partial charge in [0.2, 0.25) is 5.89 Å². The molecule has 0 saturated carbocycles. The first-order valence-electron chi connectivity index (χ1n) is 11.0. The van der Waals surface area contributed by atoms with Crippen LogP contribution in [0.25, 0.3) is 0 Å². The summed E-state index contributed by atoms with van der Waals surface area (Å²) in [5.74, 6) is 2.31. The van der Waals surface area contributed by atoms with E-state index in [4.69, 9.17) is 4.42 Å². The molecule has 1 N–H and O–H groups in total. The van der Waals surface area contributed by atoms with Crippen LogP contribution in [0.4, 0.5) is 4.79 Å². The van der Waals surface area contributed by atoms with Gasteiger partial charge >= 0.3 is 6.03 Å². The minimum Gasteiger partial charge on any atom is -0.444 e. The number of carbonyl (C=O) groups is 1. The van der Waals surface area contributed by atoms with E-state index in [9.17, 15) is 4.79 Å².